The molecular weight excluding hydrogens is 444 g/mol. The lowest BCUT2D eigenvalue weighted by Crippen LogP contribution is -2.21. The van der Waals surface area contributed by atoms with Gasteiger partial charge in [-0.1, -0.05) is 56.8 Å². The van der Waals surface area contributed by atoms with Crippen molar-refractivity contribution in [1.82, 2.24) is 4.98 Å². The molecule has 1 heterocycles. The number of amides is 1. The number of esters is 1. The number of benzene rings is 1. The summed E-state index contributed by atoms with van der Waals surface area (Å²) in [5.74, 6) is -1.49. The van der Waals surface area contributed by atoms with Gasteiger partial charge in [0.15, 0.2) is 17.5 Å². The lowest BCUT2D eigenvalue weighted by molar-refractivity contribution is -0.119. The van der Waals surface area contributed by atoms with E-state index in [9.17, 15) is 9.59 Å². The second kappa shape index (κ2) is 8.02. The van der Waals surface area contributed by atoms with Gasteiger partial charge < -0.3 is 15.8 Å². The van der Waals surface area contributed by atoms with Crippen molar-refractivity contribution in [1.29, 1.82) is 0 Å². The number of carbonyl (C=O) groups is 2. The SMILES string of the molecule is Nc1c(Cl)c(Cl)nc(C(=O)OCC(=O)Nc2cccc(Br)c2)c1Cl. The minimum Gasteiger partial charge on any atom is -0.451 e. The van der Waals surface area contributed by atoms with E-state index in [0.717, 1.165) is 4.47 Å². The zero-order valence-corrected chi connectivity index (χ0v) is 15.6. The summed E-state index contributed by atoms with van der Waals surface area (Å²) in [7, 11) is 0. The quantitative estimate of drug-likeness (QED) is 0.535. The topological polar surface area (TPSA) is 94.3 Å². The lowest BCUT2D eigenvalue weighted by Gasteiger charge is -2.09. The summed E-state index contributed by atoms with van der Waals surface area (Å²) in [5, 5.41) is 2.12. The van der Waals surface area contributed by atoms with Crippen LogP contribution in [-0.2, 0) is 9.53 Å². The Kier molecular flexibility index (Phi) is 6.28. The molecule has 0 radical (unpaired) electrons. The molecule has 0 aliphatic rings. The maximum absolute atomic E-state index is 12.0. The summed E-state index contributed by atoms with van der Waals surface area (Å²) >= 11 is 20.7. The van der Waals surface area contributed by atoms with E-state index in [0.29, 0.717) is 5.69 Å². The van der Waals surface area contributed by atoms with Gasteiger partial charge in [0.2, 0.25) is 0 Å². The average molecular weight is 454 g/mol. The fourth-order valence-corrected chi connectivity index (χ4v) is 2.61. The number of halogens is 4. The molecule has 0 unspecified atom stereocenters. The molecule has 1 aromatic heterocycles. The van der Waals surface area contributed by atoms with Gasteiger partial charge in [-0.3, -0.25) is 4.79 Å². The summed E-state index contributed by atoms with van der Waals surface area (Å²) in [6.45, 7) is -0.538. The number of nitrogen functional groups attached to an aromatic ring is 1. The highest BCUT2D eigenvalue weighted by Crippen LogP contribution is 2.34. The van der Waals surface area contributed by atoms with Crippen LogP contribution in [0.5, 0.6) is 0 Å². The highest BCUT2D eigenvalue weighted by Gasteiger charge is 2.21. The van der Waals surface area contributed by atoms with Crippen molar-refractivity contribution in [3.05, 3.63) is 49.6 Å². The molecular formula is C14H9BrCl3N3O3. The zero-order valence-electron chi connectivity index (χ0n) is 11.8. The van der Waals surface area contributed by atoms with Gasteiger partial charge in [-0.25, -0.2) is 9.78 Å². The van der Waals surface area contributed by atoms with Gasteiger partial charge in [-0.2, -0.15) is 0 Å². The monoisotopic (exact) mass is 451 g/mol. The van der Waals surface area contributed by atoms with Gasteiger partial charge in [0.1, 0.15) is 5.02 Å². The van der Waals surface area contributed by atoms with Gasteiger partial charge in [0.25, 0.3) is 5.91 Å². The smallest absolute Gasteiger partial charge is 0.359 e. The number of nitrogens with two attached hydrogens (primary N) is 1. The first-order valence-electron chi connectivity index (χ1n) is 6.32. The number of ether oxygens (including phenoxy) is 1. The van der Waals surface area contributed by atoms with Crippen molar-refractivity contribution >= 4 is 74.0 Å². The maximum Gasteiger partial charge on any atom is 0.359 e. The van der Waals surface area contributed by atoms with E-state index in [-0.39, 0.29) is 26.6 Å². The number of nitrogens with zero attached hydrogens (tertiary/aromatic N) is 1. The second-order valence-electron chi connectivity index (χ2n) is 4.43. The van der Waals surface area contributed by atoms with Crippen LogP contribution in [0.2, 0.25) is 15.2 Å². The number of rotatable bonds is 4. The van der Waals surface area contributed by atoms with Gasteiger partial charge in [-0.05, 0) is 18.2 Å². The van der Waals surface area contributed by atoms with E-state index in [4.69, 9.17) is 45.3 Å². The molecule has 0 bridgehead atoms. The number of hydrogen-bond donors (Lipinski definition) is 2. The van der Waals surface area contributed by atoms with E-state index >= 15 is 0 Å². The Bertz CT molecular complexity index is 817. The van der Waals surface area contributed by atoms with E-state index < -0.39 is 18.5 Å². The largest absolute Gasteiger partial charge is 0.451 e. The molecule has 24 heavy (non-hydrogen) atoms. The van der Waals surface area contributed by atoms with E-state index in [1.165, 1.54) is 0 Å². The third-order valence-corrected chi connectivity index (χ3v) is 4.34. The summed E-state index contributed by atoms with van der Waals surface area (Å²) in [6, 6.07) is 6.92. The first kappa shape index (κ1) is 18.8. The normalized spacial score (nSPS) is 10.3. The molecule has 2 rings (SSSR count). The van der Waals surface area contributed by atoms with Gasteiger partial charge >= 0.3 is 5.97 Å². The van der Waals surface area contributed by atoms with E-state index in [1.807, 2.05) is 0 Å². The number of carbonyl (C=O) groups excluding carboxylic acids is 2. The summed E-state index contributed by atoms with van der Waals surface area (Å²) in [5.41, 5.74) is 5.74. The van der Waals surface area contributed by atoms with Gasteiger partial charge in [0.05, 0.1) is 10.7 Å². The van der Waals surface area contributed by atoms with Crippen molar-refractivity contribution in [3.8, 4) is 0 Å². The molecule has 10 heteroatoms. The highest BCUT2D eigenvalue weighted by atomic mass is 79.9. The standard InChI is InChI=1S/C14H9BrCl3N3O3/c15-6-2-1-3-7(4-6)20-8(22)5-24-14(23)12-9(16)11(19)10(17)13(18)21-12/h1-4H,5H2,(H2,19,21)(H,20,22). The summed E-state index contributed by atoms with van der Waals surface area (Å²) < 4.78 is 5.65. The predicted octanol–water partition coefficient (Wildman–Crippen LogP) is 4.18. The number of aromatic nitrogens is 1. The minimum absolute atomic E-state index is 0.0642. The summed E-state index contributed by atoms with van der Waals surface area (Å²) in [6.07, 6.45) is 0. The molecule has 0 spiro atoms. The predicted molar refractivity (Wildman–Crippen MR) is 96.7 cm³/mol. The zero-order chi connectivity index (χ0) is 17.9. The van der Waals surface area contributed by atoms with E-state index in [1.54, 1.807) is 24.3 Å². The third kappa shape index (κ3) is 4.51. The molecule has 2 aromatic rings. The van der Waals surface area contributed by atoms with Crippen LogP contribution in [0.4, 0.5) is 11.4 Å². The van der Waals surface area contributed by atoms with Crippen molar-refractivity contribution < 1.29 is 14.3 Å². The Morgan fingerprint density at radius 3 is 2.62 bits per heavy atom. The highest BCUT2D eigenvalue weighted by molar-refractivity contribution is 9.10. The average Bonchev–Trinajstić information content (AvgIpc) is 2.54. The van der Waals surface area contributed by atoms with Gasteiger partial charge in [0, 0.05) is 10.2 Å². The number of pyridine rings is 1. The molecule has 6 nitrogen and oxygen atoms in total. The fourth-order valence-electron chi connectivity index (χ4n) is 1.63. The fraction of sp³-hybridized carbons (Fsp3) is 0.0714. The Balaban J connectivity index is 2.02. The molecule has 0 saturated heterocycles. The van der Waals surface area contributed by atoms with Crippen LogP contribution >= 0.6 is 50.7 Å². The third-order valence-electron chi connectivity index (χ3n) is 2.71. The van der Waals surface area contributed by atoms with E-state index in [2.05, 4.69) is 26.2 Å². The van der Waals surface area contributed by atoms with Crippen LogP contribution in [-0.4, -0.2) is 23.5 Å². The Hall–Kier alpha value is -1.54. The van der Waals surface area contributed by atoms with Crippen molar-refractivity contribution in [2.45, 2.75) is 0 Å². The van der Waals surface area contributed by atoms with Crippen LogP contribution in [0.1, 0.15) is 10.5 Å². The van der Waals surface area contributed by atoms with Crippen LogP contribution in [0, 0.1) is 0 Å². The molecule has 0 aliphatic carbocycles. The first-order chi connectivity index (χ1) is 11.3. The maximum atomic E-state index is 12.0. The van der Waals surface area contributed by atoms with Crippen LogP contribution in [0.3, 0.4) is 0 Å². The van der Waals surface area contributed by atoms with Crippen LogP contribution < -0.4 is 11.1 Å². The van der Waals surface area contributed by atoms with Crippen LogP contribution in [0.25, 0.3) is 0 Å². The molecule has 126 valence electrons. The molecule has 0 fully saturated rings. The molecule has 0 aliphatic heterocycles. The number of anilines is 2. The number of hydrogen-bond acceptors (Lipinski definition) is 5. The molecule has 0 atom stereocenters. The van der Waals surface area contributed by atoms with Crippen molar-refractivity contribution in [2.24, 2.45) is 0 Å². The Morgan fingerprint density at radius 2 is 1.96 bits per heavy atom. The molecule has 3 N–H and O–H groups in total. The van der Waals surface area contributed by atoms with Crippen molar-refractivity contribution in [2.75, 3.05) is 17.7 Å². The lowest BCUT2D eigenvalue weighted by atomic mass is 10.3. The summed E-state index contributed by atoms with van der Waals surface area (Å²) in [4.78, 5) is 27.5. The number of nitrogens with one attached hydrogen (secondary N) is 1. The van der Waals surface area contributed by atoms with Crippen molar-refractivity contribution in [3.63, 3.8) is 0 Å². The Morgan fingerprint density at radius 1 is 1.25 bits per heavy atom. The first-order valence-corrected chi connectivity index (χ1v) is 8.24. The van der Waals surface area contributed by atoms with Gasteiger partial charge in [-0.15, -0.1) is 0 Å². The minimum atomic E-state index is -0.949. The molecule has 0 saturated carbocycles. The molecule has 1 aromatic carbocycles. The van der Waals surface area contributed by atoms with Crippen LogP contribution in [0.15, 0.2) is 28.7 Å². The second-order valence-corrected chi connectivity index (χ2v) is 6.46. The molecule has 1 amide bonds. The Labute approximate surface area is 160 Å².